The predicted octanol–water partition coefficient (Wildman–Crippen LogP) is 3.07. The number of hydrogen-bond acceptors (Lipinski definition) is 19. The zero-order chi connectivity index (χ0) is 54.0. The quantitative estimate of drug-likeness (QED) is 0.0396. The fourth-order valence-electron chi connectivity index (χ4n) is 8.50. The van der Waals surface area contributed by atoms with Crippen molar-refractivity contribution in [3.8, 4) is 0 Å². The van der Waals surface area contributed by atoms with E-state index < -0.39 is 120 Å². The third kappa shape index (κ3) is 16.8. The maximum absolute atomic E-state index is 13.3. The molecule has 1 aromatic carbocycles. The Kier molecular flexibility index (Phi) is 18.8. The molecule has 28 heteroatoms. The van der Waals surface area contributed by atoms with Crippen LogP contribution in [0.1, 0.15) is 63.9 Å². The number of amides is 3. The molecule has 0 aliphatic carbocycles. The maximum Gasteiger partial charge on any atom is 0.434 e. The van der Waals surface area contributed by atoms with Crippen molar-refractivity contribution in [2.45, 2.75) is 132 Å². The molecule has 4 saturated heterocycles. The Bertz CT molecular complexity index is 2280. The van der Waals surface area contributed by atoms with Gasteiger partial charge in [0.2, 0.25) is 17.7 Å². The van der Waals surface area contributed by atoms with E-state index in [-0.39, 0.29) is 83.8 Å². The van der Waals surface area contributed by atoms with E-state index in [9.17, 15) is 45.5 Å². The average Bonchev–Trinajstić information content (AvgIpc) is 3.87. The van der Waals surface area contributed by atoms with Gasteiger partial charge in [0.15, 0.2) is 23.0 Å². The Hall–Kier alpha value is -5.88. The summed E-state index contributed by atoms with van der Waals surface area (Å²) in [5.41, 5.74) is -1.62. The monoisotopic (exact) mass is 1070 g/mol. The molecule has 5 N–H and O–H groups in total. The summed E-state index contributed by atoms with van der Waals surface area (Å²) >= 11 is 0. The van der Waals surface area contributed by atoms with E-state index in [2.05, 4.69) is 46.5 Å². The Morgan fingerprint density at radius 3 is 1.56 bits per heavy atom. The van der Waals surface area contributed by atoms with Crippen LogP contribution in [0.2, 0.25) is 0 Å². The van der Waals surface area contributed by atoms with Gasteiger partial charge in [-0.15, -0.1) is 0 Å². The number of hydrogen-bond donors (Lipinski definition) is 5. The highest BCUT2D eigenvalue weighted by Crippen LogP contribution is 2.38. The van der Waals surface area contributed by atoms with Gasteiger partial charge in [0.25, 0.3) is 0 Å². The number of benzene rings is 1. The fraction of sp³-hybridized carbons (Fsp3) is 0.617. The van der Waals surface area contributed by atoms with Crippen molar-refractivity contribution in [3.63, 3.8) is 0 Å². The number of ether oxygens (including phenoxy) is 9. The number of nitrogens with one attached hydrogen (secondary N) is 5. The number of alkyl halides is 6. The molecule has 0 bridgehead atoms. The van der Waals surface area contributed by atoms with E-state index in [4.69, 9.17) is 42.6 Å². The number of esters is 1. The third-order valence-electron chi connectivity index (χ3n) is 11.8. The molecular weight excluding hydrogens is 1010 g/mol. The van der Waals surface area contributed by atoms with Crippen LogP contribution in [0.5, 0.6) is 0 Å². The zero-order valence-corrected chi connectivity index (χ0v) is 41.2. The van der Waals surface area contributed by atoms with E-state index >= 15 is 0 Å². The lowest BCUT2D eigenvalue weighted by atomic mass is 9.98. The van der Waals surface area contributed by atoms with Crippen LogP contribution in [0, 0.1) is 0 Å². The highest BCUT2D eigenvalue weighted by Gasteiger charge is 2.53. The third-order valence-corrected chi connectivity index (χ3v) is 11.8. The lowest BCUT2D eigenvalue weighted by Crippen LogP contribution is -2.57. The Balaban J connectivity index is 0.853. The first kappa shape index (κ1) is 56.8. The largest absolute Gasteiger partial charge is 0.460 e. The Morgan fingerprint density at radius 1 is 0.653 bits per heavy atom. The van der Waals surface area contributed by atoms with Crippen LogP contribution in [-0.2, 0) is 80.8 Å². The Labute approximate surface area is 426 Å². The van der Waals surface area contributed by atoms with E-state index in [1.165, 1.54) is 0 Å². The van der Waals surface area contributed by atoms with Crippen LogP contribution in [0.4, 0.5) is 38.0 Å². The molecule has 0 saturated carbocycles. The van der Waals surface area contributed by atoms with E-state index in [0.717, 1.165) is 18.0 Å². The molecule has 0 radical (unpaired) electrons. The standard InChI is InChI=1S/C47H59F6N9O13/c1-44(2)72-40-28(59-34-19-54-17-32(61-34)46(48,49)50)24-69-30(42(40)74-44)15-56-36(63)10-12-67-22-27(58-38(65)14-39(66)71-21-26-8-6-5-7-9-26)23-68-13-11-37(64)57-16-31-43-41(73-45(3,4)75-43)29(25-70-31)60-35-20-55-18-33(62-35)47(51,52)53/h5-9,17-20,27-31,40-43H,10-16,21-25H2,1-4H3,(H,56,63)(H,57,64)(H,58,65)(H,59,61)(H,60,62)/t28-,29-,30+,31+,40+,41+,42-,43-/m0/s1. The zero-order valence-electron chi connectivity index (χ0n) is 41.2. The van der Waals surface area contributed by atoms with Gasteiger partial charge in [-0.1, -0.05) is 30.3 Å². The van der Waals surface area contributed by atoms with Crippen LogP contribution in [0.25, 0.3) is 0 Å². The predicted molar refractivity (Wildman–Crippen MR) is 246 cm³/mol. The van der Waals surface area contributed by atoms with Crippen molar-refractivity contribution in [1.29, 1.82) is 0 Å². The summed E-state index contributed by atoms with van der Waals surface area (Å²) in [7, 11) is 0. The van der Waals surface area contributed by atoms with Crippen LogP contribution in [0.15, 0.2) is 55.1 Å². The first-order valence-electron chi connectivity index (χ1n) is 23.9. The Morgan fingerprint density at radius 2 is 1.11 bits per heavy atom. The van der Waals surface area contributed by atoms with Gasteiger partial charge >= 0.3 is 18.3 Å². The molecule has 3 aromatic rings. The molecule has 4 aliphatic heterocycles. The second-order valence-corrected chi connectivity index (χ2v) is 18.8. The van der Waals surface area contributed by atoms with Gasteiger partial charge < -0.3 is 69.2 Å². The van der Waals surface area contributed by atoms with Gasteiger partial charge in [0.1, 0.15) is 61.3 Å². The van der Waals surface area contributed by atoms with Gasteiger partial charge in [-0.2, -0.15) is 26.3 Å². The first-order valence-corrected chi connectivity index (χ1v) is 23.9. The van der Waals surface area contributed by atoms with Crippen molar-refractivity contribution >= 4 is 35.3 Å². The number of aromatic nitrogens is 4. The van der Waals surface area contributed by atoms with Crippen molar-refractivity contribution in [2.75, 3.05) is 63.4 Å². The van der Waals surface area contributed by atoms with Gasteiger partial charge in [0, 0.05) is 25.9 Å². The number of carbonyl (C=O) groups excluding carboxylic acids is 4. The molecule has 6 heterocycles. The first-order chi connectivity index (χ1) is 35.5. The molecule has 412 valence electrons. The van der Waals surface area contributed by atoms with Crippen LogP contribution < -0.4 is 26.6 Å². The average molecular weight is 1070 g/mol. The second kappa shape index (κ2) is 24.9. The van der Waals surface area contributed by atoms with Crippen LogP contribution >= 0.6 is 0 Å². The summed E-state index contributed by atoms with van der Waals surface area (Å²) in [5, 5.41) is 14.0. The van der Waals surface area contributed by atoms with Crippen molar-refractivity contribution in [1.82, 2.24) is 35.9 Å². The fourth-order valence-corrected chi connectivity index (χ4v) is 8.50. The van der Waals surface area contributed by atoms with E-state index in [0.29, 0.717) is 12.4 Å². The summed E-state index contributed by atoms with van der Waals surface area (Å²) < 4.78 is 133. The minimum atomic E-state index is -4.70. The molecule has 22 nitrogen and oxygen atoms in total. The maximum atomic E-state index is 13.3. The molecule has 0 unspecified atom stereocenters. The minimum Gasteiger partial charge on any atom is -0.460 e. The molecular formula is C47H59F6N9O13. The highest BCUT2D eigenvalue weighted by molar-refractivity contribution is 5.94. The van der Waals surface area contributed by atoms with Crippen molar-refractivity contribution in [2.24, 2.45) is 0 Å². The summed E-state index contributed by atoms with van der Waals surface area (Å²) in [6.07, 6.45) is -11.0. The normalized spacial score (nSPS) is 25.3. The number of fused-ring (bicyclic) bond motifs is 2. The number of nitrogens with zero attached hydrogens (tertiary/aromatic N) is 4. The minimum absolute atomic E-state index is 0.00845. The van der Waals surface area contributed by atoms with Gasteiger partial charge in [-0.25, -0.2) is 9.97 Å². The summed E-state index contributed by atoms with van der Waals surface area (Å²) in [4.78, 5) is 66.0. The summed E-state index contributed by atoms with van der Waals surface area (Å²) in [6, 6.07) is 6.68. The molecule has 8 atom stereocenters. The highest BCUT2D eigenvalue weighted by atomic mass is 19.4. The SMILES string of the molecule is CC1(C)O[C@@H]2[C@H](O1)[C@@H](Nc1cncc(C(F)(F)F)n1)CO[C@@H]2CNC(=O)CCOCC(COCCC(=O)NC[C@H]1OC[C@H](Nc2cncc(C(F)(F)F)n2)[C@H]2OC(C)(C)O[C@H]21)NC(=O)CC(=O)OCc1ccccc1. The number of carbonyl (C=O) groups is 4. The molecule has 7 rings (SSSR count). The lowest BCUT2D eigenvalue weighted by Gasteiger charge is -2.37. The van der Waals surface area contributed by atoms with Gasteiger partial charge in [-0.3, -0.25) is 29.1 Å². The van der Waals surface area contributed by atoms with Crippen LogP contribution in [0.3, 0.4) is 0 Å². The summed E-state index contributed by atoms with van der Waals surface area (Å²) in [5.74, 6) is -4.76. The molecule has 4 fully saturated rings. The molecule has 2 aromatic heterocycles. The van der Waals surface area contributed by atoms with Crippen molar-refractivity contribution in [3.05, 3.63) is 72.1 Å². The second-order valence-electron chi connectivity index (χ2n) is 18.8. The molecule has 75 heavy (non-hydrogen) atoms. The number of halogens is 6. The van der Waals surface area contributed by atoms with E-state index in [1.807, 2.05) is 0 Å². The van der Waals surface area contributed by atoms with Gasteiger partial charge in [-0.05, 0) is 33.3 Å². The van der Waals surface area contributed by atoms with Crippen LogP contribution in [-0.4, -0.2) is 163 Å². The van der Waals surface area contributed by atoms with E-state index in [1.54, 1.807) is 58.0 Å². The molecule has 3 amide bonds. The molecule has 0 spiro atoms. The smallest absolute Gasteiger partial charge is 0.434 e. The number of rotatable bonds is 23. The van der Waals surface area contributed by atoms with Gasteiger partial charge in [0.05, 0.1) is 82.6 Å². The molecule has 4 aliphatic rings. The summed E-state index contributed by atoms with van der Waals surface area (Å²) in [6.45, 7) is 6.03. The lowest BCUT2D eigenvalue weighted by molar-refractivity contribution is -0.154. The number of anilines is 2. The van der Waals surface area contributed by atoms with Crippen molar-refractivity contribution < 1.29 is 88.2 Å². The topological polar surface area (TPSA) is 263 Å².